The third-order valence-corrected chi connectivity index (χ3v) is 5.90. The van der Waals surface area contributed by atoms with Crippen LogP contribution in [0.3, 0.4) is 0 Å². The van der Waals surface area contributed by atoms with Crippen molar-refractivity contribution >= 4 is 40.6 Å². The number of aromatic nitrogens is 2. The summed E-state index contributed by atoms with van der Waals surface area (Å²) in [4.78, 5) is 37.3. The van der Waals surface area contributed by atoms with Crippen molar-refractivity contribution in [2.45, 2.75) is 25.3 Å². The third-order valence-electron chi connectivity index (χ3n) is 4.80. The van der Waals surface area contributed by atoms with E-state index in [-0.39, 0.29) is 6.54 Å². The number of thiazole rings is 1. The summed E-state index contributed by atoms with van der Waals surface area (Å²) < 4.78 is 5.90. The highest BCUT2D eigenvalue weighted by Crippen LogP contribution is 2.31. The predicted molar refractivity (Wildman–Crippen MR) is 115 cm³/mol. The van der Waals surface area contributed by atoms with E-state index in [1.807, 2.05) is 6.07 Å². The molecule has 3 aromatic rings. The van der Waals surface area contributed by atoms with Crippen LogP contribution < -0.4 is 4.90 Å². The van der Waals surface area contributed by atoms with Gasteiger partial charge in [0.15, 0.2) is 10.4 Å². The van der Waals surface area contributed by atoms with E-state index in [1.165, 1.54) is 16.2 Å². The number of pyridine rings is 1. The topological polar surface area (TPSA) is 72.4 Å². The van der Waals surface area contributed by atoms with E-state index in [1.54, 1.807) is 54.9 Å². The molecule has 0 aliphatic heterocycles. The second kappa shape index (κ2) is 9.36. The Morgan fingerprint density at radius 3 is 2.53 bits per heavy atom. The third kappa shape index (κ3) is 5.04. The zero-order valence-electron chi connectivity index (χ0n) is 16.1. The van der Waals surface area contributed by atoms with Crippen LogP contribution in [0, 0.1) is 5.92 Å². The van der Waals surface area contributed by atoms with Crippen molar-refractivity contribution in [3.8, 4) is 0 Å². The number of anilines is 1. The minimum atomic E-state index is -1.07. The molecule has 0 saturated heterocycles. The van der Waals surface area contributed by atoms with Crippen molar-refractivity contribution in [3.63, 3.8) is 0 Å². The molecule has 1 aliphatic rings. The monoisotopic (exact) mass is 441 g/mol. The average Bonchev–Trinajstić information content (AvgIpc) is 3.52. The Morgan fingerprint density at radius 1 is 1.13 bits per heavy atom. The molecule has 4 rings (SSSR count). The van der Waals surface area contributed by atoms with Gasteiger partial charge in [0, 0.05) is 17.3 Å². The van der Waals surface area contributed by atoms with E-state index in [2.05, 4.69) is 9.97 Å². The number of hydrogen-bond donors (Lipinski definition) is 0. The first-order valence-electron chi connectivity index (χ1n) is 9.66. The van der Waals surface area contributed by atoms with Crippen LogP contribution in [-0.2, 0) is 20.9 Å². The maximum Gasteiger partial charge on any atom is 0.323 e. The van der Waals surface area contributed by atoms with Crippen molar-refractivity contribution in [2.24, 2.45) is 5.92 Å². The molecule has 1 amide bonds. The Morgan fingerprint density at radius 2 is 1.90 bits per heavy atom. The van der Waals surface area contributed by atoms with Crippen molar-refractivity contribution in [2.75, 3.05) is 11.5 Å². The van der Waals surface area contributed by atoms with Gasteiger partial charge in [-0.05, 0) is 36.5 Å². The van der Waals surface area contributed by atoms with Gasteiger partial charge in [0.05, 0.1) is 13.2 Å². The smallest absolute Gasteiger partial charge is 0.323 e. The molecule has 8 heteroatoms. The summed E-state index contributed by atoms with van der Waals surface area (Å²) in [5.74, 6) is -1.16. The first kappa shape index (κ1) is 20.5. The van der Waals surface area contributed by atoms with E-state index >= 15 is 0 Å². The van der Waals surface area contributed by atoms with E-state index < -0.39 is 17.8 Å². The van der Waals surface area contributed by atoms with Crippen LogP contribution in [0.25, 0.3) is 0 Å². The Bertz CT molecular complexity index is 1010. The highest BCUT2D eigenvalue weighted by molar-refractivity contribution is 7.15. The van der Waals surface area contributed by atoms with E-state index in [0.717, 1.165) is 17.7 Å². The minimum Gasteiger partial charge on any atom is -0.465 e. The standard InChI is InChI=1S/C22H20ClN3O3S/c23-22-25-12-17(30-22)13-26(18-8-4-5-11-24-18)20(27)19(16-6-2-1-3-7-16)21(28)29-14-15-9-10-15/h1-8,11-12,15,19H,9-10,13-14H2. The molecule has 1 fully saturated rings. The summed E-state index contributed by atoms with van der Waals surface area (Å²) in [5, 5.41) is 0. The summed E-state index contributed by atoms with van der Waals surface area (Å²) in [5.41, 5.74) is 0.589. The van der Waals surface area contributed by atoms with Gasteiger partial charge >= 0.3 is 5.97 Å². The zero-order chi connectivity index (χ0) is 20.9. The zero-order valence-corrected chi connectivity index (χ0v) is 17.7. The van der Waals surface area contributed by atoms with Gasteiger partial charge in [-0.25, -0.2) is 9.97 Å². The second-order valence-corrected chi connectivity index (χ2v) is 8.81. The van der Waals surface area contributed by atoms with E-state index in [4.69, 9.17) is 16.3 Å². The maximum absolute atomic E-state index is 13.7. The number of benzene rings is 1. The molecule has 1 unspecified atom stereocenters. The first-order valence-corrected chi connectivity index (χ1v) is 10.9. The summed E-state index contributed by atoms with van der Waals surface area (Å²) in [6.07, 6.45) is 5.35. The van der Waals surface area contributed by atoms with Crippen molar-refractivity contribution in [1.29, 1.82) is 0 Å². The minimum absolute atomic E-state index is 0.208. The fourth-order valence-corrected chi connectivity index (χ4v) is 4.01. The van der Waals surface area contributed by atoms with Crippen LogP contribution in [-0.4, -0.2) is 28.5 Å². The fourth-order valence-electron chi connectivity index (χ4n) is 3.05. The van der Waals surface area contributed by atoms with Gasteiger partial charge in [-0.15, -0.1) is 11.3 Å². The van der Waals surface area contributed by atoms with Crippen LogP contribution in [0.15, 0.2) is 60.9 Å². The van der Waals surface area contributed by atoms with Gasteiger partial charge < -0.3 is 4.74 Å². The number of esters is 1. The Balaban J connectivity index is 1.66. The Labute approximate surface area is 183 Å². The molecule has 6 nitrogen and oxygen atoms in total. The molecular formula is C22H20ClN3O3S. The second-order valence-electron chi connectivity index (χ2n) is 7.11. The van der Waals surface area contributed by atoms with Crippen LogP contribution in [0.1, 0.15) is 29.2 Å². The van der Waals surface area contributed by atoms with Gasteiger partial charge in [0.25, 0.3) is 0 Å². The van der Waals surface area contributed by atoms with Gasteiger partial charge in [0.1, 0.15) is 5.82 Å². The number of amides is 1. The normalized spacial score (nSPS) is 14.2. The Kier molecular flexibility index (Phi) is 6.40. The first-order chi connectivity index (χ1) is 14.6. The molecule has 1 saturated carbocycles. The largest absolute Gasteiger partial charge is 0.465 e. The number of halogens is 1. The number of nitrogens with zero attached hydrogens (tertiary/aromatic N) is 3. The number of rotatable bonds is 8. The van der Waals surface area contributed by atoms with Crippen LogP contribution in [0.4, 0.5) is 5.82 Å². The number of ether oxygens (including phenoxy) is 1. The Hall–Kier alpha value is -2.77. The maximum atomic E-state index is 13.7. The molecule has 1 aliphatic carbocycles. The van der Waals surface area contributed by atoms with Crippen LogP contribution >= 0.6 is 22.9 Å². The highest BCUT2D eigenvalue weighted by Gasteiger charge is 2.36. The number of carbonyl (C=O) groups excluding carboxylic acids is 2. The lowest BCUT2D eigenvalue weighted by molar-refractivity contribution is -0.148. The molecule has 2 aromatic heterocycles. The van der Waals surface area contributed by atoms with E-state index in [0.29, 0.717) is 28.4 Å². The summed E-state index contributed by atoms with van der Waals surface area (Å²) in [7, 11) is 0. The SMILES string of the molecule is O=C(OCC1CC1)C(C(=O)N(Cc1cnc(Cl)s1)c1ccccn1)c1ccccc1. The molecule has 154 valence electrons. The lowest BCUT2D eigenvalue weighted by Gasteiger charge is -2.25. The summed E-state index contributed by atoms with van der Waals surface area (Å²) >= 11 is 7.25. The van der Waals surface area contributed by atoms with Gasteiger partial charge in [-0.2, -0.15) is 0 Å². The molecule has 1 atom stereocenters. The predicted octanol–water partition coefficient (Wildman–Crippen LogP) is 4.46. The average molecular weight is 442 g/mol. The van der Waals surface area contributed by atoms with Gasteiger partial charge in [-0.3, -0.25) is 14.5 Å². The molecule has 0 radical (unpaired) electrons. The molecule has 0 bridgehead atoms. The van der Waals surface area contributed by atoms with Crippen LogP contribution in [0.2, 0.25) is 4.47 Å². The lowest BCUT2D eigenvalue weighted by Crippen LogP contribution is -2.39. The van der Waals surface area contributed by atoms with Gasteiger partial charge in [0.2, 0.25) is 5.91 Å². The lowest BCUT2D eigenvalue weighted by atomic mass is 9.97. The molecule has 30 heavy (non-hydrogen) atoms. The quantitative estimate of drug-likeness (QED) is 0.381. The molecular weight excluding hydrogens is 422 g/mol. The fraction of sp³-hybridized carbons (Fsp3) is 0.273. The molecule has 0 spiro atoms. The summed E-state index contributed by atoms with van der Waals surface area (Å²) in [6, 6.07) is 14.3. The highest BCUT2D eigenvalue weighted by atomic mass is 35.5. The number of carbonyl (C=O) groups is 2. The van der Waals surface area contributed by atoms with E-state index in [9.17, 15) is 9.59 Å². The molecule has 0 N–H and O–H groups in total. The van der Waals surface area contributed by atoms with Gasteiger partial charge in [-0.1, -0.05) is 48.0 Å². The van der Waals surface area contributed by atoms with Crippen molar-refractivity contribution < 1.29 is 14.3 Å². The molecule has 1 aromatic carbocycles. The molecule has 2 heterocycles. The summed E-state index contributed by atoms with van der Waals surface area (Å²) in [6.45, 7) is 0.558. The van der Waals surface area contributed by atoms with Crippen LogP contribution in [0.5, 0.6) is 0 Å². The van der Waals surface area contributed by atoms with Crippen molar-refractivity contribution in [3.05, 3.63) is 75.8 Å². The number of hydrogen-bond acceptors (Lipinski definition) is 6. The van der Waals surface area contributed by atoms with Crippen molar-refractivity contribution in [1.82, 2.24) is 9.97 Å².